The Morgan fingerprint density at radius 1 is 1.11 bits per heavy atom. The molecule has 1 unspecified atom stereocenters. The summed E-state index contributed by atoms with van der Waals surface area (Å²) >= 11 is 0.979. The second-order valence-corrected chi connectivity index (χ2v) is 10.1. The lowest BCUT2D eigenvalue weighted by molar-refractivity contribution is -0.132. The summed E-state index contributed by atoms with van der Waals surface area (Å²) in [4.78, 5) is 45.3. The van der Waals surface area contributed by atoms with Gasteiger partial charge in [0.1, 0.15) is 16.4 Å². The van der Waals surface area contributed by atoms with E-state index in [1.165, 1.54) is 4.90 Å². The number of aliphatic hydroxyl groups excluding tert-OH is 1. The number of Topliss-reactive ketones (excluding diaryl/α,β-unsaturated/α-hetero) is 1. The van der Waals surface area contributed by atoms with Gasteiger partial charge in [0.25, 0.3) is 5.78 Å². The molecule has 0 saturated carbocycles. The Bertz CT molecular complexity index is 1410. The molecule has 38 heavy (non-hydrogen) atoms. The minimum atomic E-state index is -0.951. The van der Waals surface area contributed by atoms with Crippen LogP contribution in [0.15, 0.2) is 54.1 Å². The summed E-state index contributed by atoms with van der Waals surface area (Å²) in [5.41, 5.74) is 2.39. The van der Waals surface area contributed by atoms with E-state index in [1.807, 2.05) is 31.2 Å². The van der Waals surface area contributed by atoms with Gasteiger partial charge in [0.15, 0.2) is 5.13 Å². The largest absolute Gasteiger partial charge is 0.507 e. The number of carbonyl (C=O) groups excluding carboxylic acids is 3. The SMILES string of the molecule is CCOC(=O)c1sc(N2C(=O)C(=O)/C(=C(/O)c3cccc(OCC)c3)C2c2ccc(C(C)C)cc2)nc1C. The summed E-state index contributed by atoms with van der Waals surface area (Å²) < 4.78 is 10.7. The zero-order chi connectivity index (χ0) is 27.6. The van der Waals surface area contributed by atoms with Crippen LogP contribution in [-0.2, 0) is 14.3 Å². The van der Waals surface area contributed by atoms with Gasteiger partial charge in [-0.2, -0.15) is 0 Å². The van der Waals surface area contributed by atoms with Gasteiger partial charge in [0.2, 0.25) is 0 Å². The minimum absolute atomic E-state index is 0.0634. The topological polar surface area (TPSA) is 106 Å². The highest BCUT2D eigenvalue weighted by molar-refractivity contribution is 7.17. The van der Waals surface area contributed by atoms with Crippen molar-refractivity contribution >= 4 is 39.9 Å². The normalized spacial score (nSPS) is 16.8. The fraction of sp³-hybridized carbons (Fsp3) is 0.310. The molecule has 0 spiro atoms. The molecule has 1 amide bonds. The van der Waals surface area contributed by atoms with Gasteiger partial charge < -0.3 is 14.6 Å². The number of rotatable bonds is 8. The standard InChI is InChI=1S/C29H30N2O6S/c1-6-36-21-10-8-9-20(15-21)24(32)22-23(19-13-11-18(12-14-19)16(3)4)31(27(34)25(22)33)29-30-17(5)26(38-29)28(35)37-7-2/h8-16,23,32H,6-7H2,1-5H3/b24-22+. The molecular weight excluding hydrogens is 504 g/mol. The molecule has 0 radical (unpaired) electrons. The first-order chi connectivity index (χ1) is 18.2. The van der Waals surface area contributed by atoms with Crippen molar-refractivity contribution in [2.75, 3.05) is 18.1 Å². The van der Waals surface area contributed by atoms with Crippen molar-refractivity contribution in [3.05, 3.63) is 81.4 Å². The number of nitrogens with zero attached hydrogens (tertiary/aromatic N) is 2. The highest BCUT2D eigenvalue weighted by Crippen LogP contribution is 2.44. The van der Waals surface area contributed by atoms with Crippen molar-refractivity contribution in [1.29, 1.82) is 0 Å². The summed E-state index contributed by atoms with van der Waals surface area (Å²) in [7, 11) is 0. The van der Waals surface area contributed by atoms with Gasteiger partial charge in [-0.1, -0.05) is 61.6 Å². The van der Waals surface area contributed by atoms with Gasteiger partial charge in [-0.3, -0.25) is 14.5 Å². The zero-order valence-corrected chi connectivity index (χ0v) is 22.8. The van der Waals surface area contributed by atoms with Gasteiger partial charge in [0, 0.05) is 5.56 Å². The minimum Gasteiger partial charge on any atom is -0.507 e. The molecule has 1 aliphatic rings. The molecule has 2 heterocycles. The van der Waals surface area contributed by atoms with E-state index in [9.17, 15) is 19.5 Å². The number of aliphatic hydroxyl groups is 1. The van der Waals surface area contributed by atoms with Crippen LogP contribution in [0.4, 0.5) is 5.13 Å². The second kappa shape index (κ2) is 11.2. The highest BCUT2D eigenvalue weighted by Gasteiger charge is 2.48. The fourth-order valence-electron chi connectivity index (χ4n) is 4.34. The summed E-state index contributed by atoms with van der Waals surface area (Å²) in [6.07, 6.45) is 0. The number of hydrogen-bond acceptors (Lipinski definition) is 8. The molecule has 2 aromatic carbocycles. The van der Waals surface area contributed by atoms with E-state index in [2.05, 4.69) is 18.8 Å². The number of hydrogen-bond donors (Lipinski definition) is 1. The van der Waals surface area contributed by atoms with E-state index in [0.29, 0.717) is 29.2 Å². The van der Waals surface area contributed by atoms with Crippen LogP contribution in [0.25, 0.3) is 5.76 Å². The van der Waals surface area contributed by atoms with Crippen LogP contribution < -0.4 is 9.64 Å². The summed E-state index contributed by atoms with van der Waals surface area (Å²) in [5.74, 6) is -1.73. The molecule has 1 fully saturated rings. The maximum atomic E-state index is 13.5. The van der Waals surface area contributed by atoms with Crippen LogP contribution in [0.2, 0.25) is 0 Å². The van der Waals surface area contributed by atoms with E-state index >= 15 is 0 Å². The van der Waals surface area contributed by atoms with Crippen molar-refractivity contribution in [2.45, 2.75) is 46.6 Å². The summed E-state index contributed by atoms with van der Waals surface area (Å²) in [5, 5.41) is 11.6. The molecular formula is C29H30N2O6S. The first-order valence-corrected chi connectivity index (χ1v) is 13.3. The maximum absolute atomic E-state index is 13.5. The molecule has 1 aliphatic heterocycles. The number of anilines is 1. The molecule has 8 nitrogen and oxygen atoms in total. The van der Waals surface area contributed by atoms with Gasteiger partial charge >= 0.3 is 11.9 Å². The summed E-state index contributed by atoms with van der Waals surface area (Å²) in [6.45, 7) is 9.97. The lowest BCUT2D eigenvalue weighted by atomic mass is 9.93. The molecule has 3 aromatic rings. The van der Waals surface area contributed by atoms with Crippen molar-refractivity contribution in [2.24, 2.45) is 0 Å². The molecule has 1 aromatic heterocycles. The number of benzene rings is 2. The highest BCUT2D eigenvalue weighted by atomic mass is 32.1. The van der Waals surface area contributed by atoms with Crippen molar-refractivity contribution in [3.8, 4) is 5.75 Å². The third-order valence-electron chi connectivity index (χ3n) is 6.23. The Morgan fingerprint density at radius 3 is 2.45 bits per heavy atom. The zero-order valence-electron chi connectivity index (χ0n) is 22.0. The van der Waals surface area contributed by atoms with Crippen molar-refractivity contribution in [3.63, 3.8) is 0 Å². The number of carbonyl (C=O) groups is 3. The van der Waals surface area contributed by atoms with Crippen LogP contribution in [0.3, 0.4) is 0 Å². The molecule has 9 heteroatoms. The first kappa shape index (κ1) is 27.1. The third kappa shape index (κ3) is 5.06. The number of amides is 1. The average Bonchev–Trinajstić information content (AvgIpc) is 3.41. The molecule has 1 saturated heterocycles. The lowest BCUT2D eigenvalue weighted by Gasteiger charge is -2.23. The number of ketones is 1. The van der Waals surface area contributed by atoms with Gasteiger partial charge in [0.05, 0.1) is 30.5 Å². The number of aromatic nitrogens is 1. The van der Waals surface area contributed by atoms with E-state index in [4.69, 9.17) is 9.47 Å². The van der Waals surface area contributed by atoms with E-state index < -0.39 is 23.7 Å². The Balaban J connectivity index is 1.90. The second-order valence-electron chi connectivity index (χ2n) is 9.08. The van der Waals surface area contributed by atoms with E-state index in [-0.39, 0.29) is 33.9 Å². The Morgan fingerprint density at radius 2 is 1.82 bits per heavy atom. The lowest BCUT2D eigenvalue weighted by Crippen LogP contribution is -2.29. The van der Waals surface area contributed by atoms with Crippen molar-refractivity contribution < 1.29 is 29.0 Å². The van der Waals surface area contributed by atoms with Gasteiger partial charge in [-0.15, -0.1) is 0 Å². The number of aryl methyl sites for hydroxylation is 1. The number of ether oxygens (including phenoxy) is 2. The molecule has 4 rings (SSSR count). The van der Waals surface area contributed by atoms with Crippen LogP contribution in [0.5, 0.6) is 5.75 Å². The van der Waals surface area contributed by atoms with Crippen LogP contribution in [-0.4, -0.2) is 41.0 Å². The quantitative estimate of drug-likeness (QED) is 0.169. The molecule has 1 atom stereocenters. The van der Waals surface area contributed by atoms with E-state index in [0.717, 1.165) is 16.9 Å². The Labute approximate surface area is 225 Å². The maximum Gasteiger partial charge on any atom is 0.350 e. The number of thiazole rings is 1. The predicted molar refractivity (Wildman–Crippen MR) is 146 cm³/mol. The Kier molecular flexibility index (Phi) is 7.97. The average molecular weight is 535 g/mol. The van der Waals surface area contributed by atoms with Crippen LogP contribution in [0.1, 0.15) is 71.7 Å². The fourth-order valence-corrected chi connectivity index (χ4v) is 5.32. The third-order valence-corrected chi connectivity index (χ3v) is 7.37. The molecule has 1 N–H and O–H groups in total. The Hall–Kier alpha value is -3.98. The molecule has 198 valence electrons. The van der Waals surface area contributed by atoms with Crippen molar-refractivity contribution in [1.82, 2.24) is 4.98 Å². The molecule has 0 bridgehead atoms. The van der Waals surface area contributed by atoms with E-state index in [1.54, 1.807) is 38.1 Å². The monoisotopic (exact) mass is 534 g/mol. The predicted octanol–water partition coefficient (Wildman–Crippen LogP) is 5.78. The first-order valence-electron chi connectivity index (χ1n) is 12.5. The molecule has 0 aliphatic carbocycles. The van der Waals surface area contributed by atoms with Gasteiger partial charge in [-0.25, -0.2) is 9.78 Å². The van der Waals surface area contributed by atoms with Crippen LogP contribution in [0, 0.1) is 6.92 Å². The van der Waals surface area contributed by atoms with Gasteiger partial charge in [-0.05, 0) is 49.9 Å². The van der Waals surface area contributed by atoms with Crippen LogP contribution >= 0.6 is 11.3 Å². The smallest absolute Gasteiger partial charge is 0.350 e. The summed E-state index contributed by atoms with van der Waals surface area (Å²) in [6, 6.07) is 13.3. The number of esters is 1.